The smallest absolute Gasteiger partial charge is 0.277 e. The molecule has 3 heterocycles. The lowest BCUT2D eigenvalue weighted by atomic mass is 10.0. The van der Waals surface area contributed by atoms with Crippen LogP contribution in [0.5, 0.6) is 5.75 Å². The SMILES string of the molecule is COc1ccc(-n2nc(C3OC3N)c3c2C(=O)N(c2ccc(N(C)C(=O)CN(C)C)cc2)CC3)cc1. The summed E-state index contributed by atoms with van der Waals surface area (Å²) in [6, 6.07) is 14.8. The number of nitrogens with zero attached hydrogens (tertiary/aromatic N) is 5. The van der Waals surface area contributed by atoms with Gasteiger partial charge in [0.2, 0.25) is 5.91 Å². The predicted octanol–water partition coefficient (Wildman–Crippen LogP) is 1.96. The number of hydrogen-bond acceptors (Lipinski definition) is 7. The fourth-order valence-electron chi connectivity index (χ4n) is 4.49. The van der Waals surface area contributed by atoms with E-state index in [0.29, 0.717) is 25.2 Å². The molecular formula is C26H30N6O4. The molecule has 2 unspecified atom stereocenters. The minimum absolute atomic E-state index is 0.0112. The van der Waals surface area contributed by atoms with Crippen LogP contribution in [-0.4, -0.2) is 74.1 Å². The molecule has 2 aliphatic heterocycles. The van der Waals surface area contributed by atoms with E-state index in [0.717, 1.165) is 34.1 Å². The van der Waals surface area contributed by atoms with E-state index < -0.39 is 6.23 Å². The highest BCUT2D eigenvalue weighted by molar-refractivity contribution is 6.08. The number of benzene rings is 2. The largest absolute Gasteiger partial charge is 0.497 e. The van der Waals surface area contributed by atoms with Crippen LogP contribution in [0.3, 0.4) is 0 Å². The van der Waals surface area contributed by atoms with Crippen LogP contribution in [-0.2, 0) is 16.0 Å². The maximum Gasteiger partial charge on any atom is 0.277 e. The Morgan fingerprint density at radius 1 is 1.11 bits per heavy atom. The number of carbonyl (C=O) groups is 2. The van der Waals surface area contributed by atoms with Crippen molar-refractivity contribution in [2.75, 3.05) is 51.1 Å². The summed E-state index contributed by atoms with van der Waals surface area (Å²) in [4.78, 5) is 31.4. The molecule has 2 atom stereocenters. The van der Waals surface area contributed by atoms with Gasteiger partial charge in [0.15, 0.2) is 0 Å². The van der Waals surface area contributed by atoms with Gasteiger partial charge in [0.05, 0.1) is 25.0 Å². The molecule has 3 aromatic rings. The molecule has 188 valence electrons. The van der Waals surface area contributed by atoms with E-state index in [-0.39, 0.29) is 17.9 Å². The summed E-state index contributed by atoms with van der Waals surface area (Å²) in [5.41, 5.74) is 10.3. The predicted molar refractivity (Wildman–Crippen MR) is 136 cm³/mol. The van der Waals surface area contributed by atoms with Gasteiger partial charge in [0, 0.05) is 30.5 Å². The first-order valence-electron chi connectivity index (χ1n) is 11.8. The minimum Gasteiger partial charge on any atom is -0.497 e. The number of ether oxygens (including phenoxy) is 2. The molecule has 0 saturated carbocycles. The summed E-state index contributed by atoms with van der Waals surface area (Å²) in [5.74, 6) is 0.558. The van der Waals surface area contributed by atoms with Gasteiger partial charge in [0.25, 0.3) is 5.91 Å². The number of carbonyl (C=O) groups excluding carboxylic acids is 2. The van der Waals surface area contributed by atoms with Gasteiger partial charge < -0.3 is 29.9 Å². The van der Waals surface area contributed by atoms with Gasteiger partial charge in [0.1, 0.15) is 23.8 Å². The molecule has 0 aliphatic carbocycles. The fraction of sp³-hybridized carbons (Fsp3) is 0.346. The van der Waals surface area contributed by atoms with Gasteiger partial charge in [-0.25, -0.2) is 4.68 Å². The van der Waals surface area contributed by atoms with Crippen molar-refractivity contribution in [3.8, 4) is 11.4 Å². The summed E-state index contributed by atoms with van der Waals surface area (Å²) in [6.07, 6.45) is -0.0735. The monoisotopic (exact) mass is 490 g/mol. The van der Waals surface area contributed by atoms with E-state index in [4.69, 9.17) is 20.3 Å². The number of amides is 2. The number of rotatable bonds is 7. The van der Waals surface area contributed by atoms with Crippen LogP contribution < -0.4 is 20.3 Å². The van der Waals surface area contributed by atoms with Crippen LogP contribution in [0.1, 0.15) is 27.8 Å². The lowest BCUT2D eigenvalue weighted by Crippen LogP contribution is -2.39. The van der Waals surface area contributed by atoms with Crippen molar-refractivity contribution in [1.29, 1.82) is 0 Å². The first-order chi connectivity index (χ1) is 17.3. The summed E-state index contributed by atoms with van der Waals surface area (Å²) in [6.45, 7) is 0.821. The van der Waals surface area contributed by atoms with Crippen LogP contribution in [0, 0.1) is 0 Å². The normalized spacial score (nSPS) is 18.8. The molecule has 36 heavy (non-hydrogen) atoms. The number of anilines is 2. The van der Waals surface area contributed by atoms with Crippen LogP contribution in [0.4, 0.5) is 11.4 Å². The highest BCUT2D eigenvalue weighted by Crippen LogP contribution is 2.40. The van der Waals surface area contributed by atoms with Crippen LogP contribution in [0.25, 0.3) is 5.69 Å². The highest BCUT2D eigenvalue weighted by atomic mass is 16.6. The Morgan fingerprint density at radius 2 is 1.75 bits per heavy atom. The Labute approximate surface area is 209 Å². The zero-order valence-corrected chi connectivity index (χ0v) is 20.8. The van der Waals surface area contributed by atoms with E-state index in [1.807, 2.05) is 67.5 Å². The van der Waals surface area contributed by atoms with Crippen molar-refractivity contribution in [1.82, 2.24) is 14.7 Å². The summed E-state index contributed by atoms with van der Waals surface area (Å²) < 4.78 is 12.5. The number of fused-ring (bicyclic) bond motifs is 1. The van der Waals surface area contributed by atoms with Crippen LogP contribution >= 0.6 is 0 Å². The number of epoxide rings is 1. The standard InChI is InChI=1S/C26H30N6O4/c1-29(2)15-21(33)30(3)16-5-7-17(8-6-16)31-14-13-20-22(24-25(27)36-24)28-32(23(20)26(31)34)18-9-11-19(35-4)12-10-18/h5-12,24-25H,13-15,27H2,1-4H3. The van der Waals surface area contributed by atoms with Gasteiger partial charge in [-0.3, -0.25) is 9.59 Å². The molecule has 2 N–H and O–H groups in total. The van der Waals surface area contributed by atoms with E-state index in [1.54, 1.807) is 28.6 Å². The zero-order chi connectivity index (χ0) is 25.6. The summed E-state index contributed by atoms with van der Waals surface area (Å²) in [5, 5.41) is 4.76. The molecular weight excluding hydrogens is 460 g/mol. The number of nitrogens with two attached hydrogens (primary N) is 1. The second-order valence-electron chi connectivity index (χ2n) is 9.26. The van der Waals surface area contributed by atoms with E-state index in [1.165, 1.54) is 0 Å². The molecule has 10 nitrogen and oxygen atoms in total. The molecule has 0 radical (unpaired) electrons. The van der Waals surface area contributed by atoms with E-state index in [9.17, 15) is 9.59 Å². The third-order valence-corrected chi connectivity index (χ3v) is 6.53. The third kappa shape index (κ3) is 4.34. The van der Waals surface area contributed by atoms with Gasteiger partial charge >= 0.3 is 0 Å². The number of aromatic nitrogens is 2. The molecule has 0 spiro atoms. The molecule has 5 rings (SSSR count). The average Bonchev–Trinajstić information content (AvgIpc) is 3.47. The maximum atomic E-state index is 13.8. The highest BCUT2D eigenvalue weighted by Gasteiger charge is 2.44. The Kier molecular flexibility index (Phi) is 6.25. The van der Waals surface area contributed by atoms with Crippen LogP contribution in [0.2, 0.25) is 0 Å². The quantitative estimate of drug-likeness (QED) is 0.504. The second kappa shape index (κ2) is 9.38. The second-order valence-corrected chi connectivity index (χ2v) is 9.26. The topological polar surface area (TPSA) is 109 Å². The third-order valence-electron chi connectivity index (χ3n) is 6.53. The van der Waals surface area contributed by atoms with Gasteiger partial charge in [-0.05, 0) is 69.0 Å². The average molecular weight is 491 g/mol. The van der Waals surface area contributed by atoms with Crippen molar-refractivity contribution in [3.05, 3.63) is 65.5 Å². The first-order valence-corrected chi connectivity index (χ1v) is 11.8. The van der Waals surface area contributed by atoms with Gasteiger partial charge in [-0.2, -0.15) is 5.10 Å². The lowest BCUT2D eigenvalue weighted by Gasteiger charge is -2.28. The van der Waals surface area contributed by atoms with Crippen LogP contribution in [0.15, 0.2) is 48.5 Å². The molecule has 0 bridgehead atoms. The van der Waals surface area contributed by atoms with Crippen molar-refractivity contribution in [2.45, 2.75) is 18.8 Å². The number of likely N-dealkylation sites (N-methyl/N-ethyl adjacent to an activating group) is 2. The Hall–Kier alpha value is -3.73. The zero-order valence-electron chi connectivity index (χ0n) is 20.8. The minimum atomic E-state index is -0.402. The van der Waals surface area contributed by atoms with Gasteiger partial charge in [-0.15, -0.1) is 0 Å². The Balaban J connectivity index is 1.46. The molecule has 1 saturated heterocycles. The maximum absolute atomic E-state index is 13.8. The number of methoxy groups -OCH3 is 1. The number of hydrogen-bond donors (Lipinski definition) is 1. The van der Waals surface area contributed by atoms with Gasteiger partial charge in [-0.1, -0.05) is 0 Å². The Morgan fingerprint density at radius 3 is 2.33 bits per heavy atom. The summed E-state index contributed by atoms with van der Waals surface area (Å²) in [7, 11) is 7.07. The van der Waals surface area contributed by atoms with E-state index in [2.05, 4.69) is 0 Å². The molecule has 10 heteroatoms. The molecule has 1 aromatic heterocycles. The van der Waals surface area contributed by atoms with Crippen molar-refractivity contribution in [3.63, 3.8) is 0 Å². The molecule has 2 aliphatic rings. The fourth-order valence-corrected chi connectivity index (χ4v) is 4.49. The van der Waals surface area contributed by atoms with Crippen molar-refractivity contribution in [2.24, 2.45) is 5.73 Å². The van der Waals surface area contributed by atoms with E-state index >= 15 is 0 Å². The lowest BCUT2D eigenvalue weighted by molar-refractivity contribution is -0.118. The first kappa shape index (κ1) is 24.0. The molecule has 2 aromatic carbocycles. The summed E-state index contributed by atoms with van der Waals surface area (Å²) >= 11 is 0. The Bertz CT molecular complexity index is 1290. The van der Waals surface area contributed by atoms with Crippen molar-refractivity contribution < 1.29 is 19.1 Å². The molecule has 1 fully saturated rings. The molecule has 2 amide bonds. The van der Waals surface area contributed by atoms with Crippen molar-refractivity contribution >= 4 is 23.2 Å².